The van der Waals surface area contributed by atoms with E-state index in [1.165, 1.54) is 28.8 Å². The first-order chi connectivity index (χ1) is 22.2. The van der Waals surface area contributed by atoms with Gasteiger partial charge in [-0.3, -0.25) is 14.5 Å². The van der Waals surface area contributed by atoms with Crippen LogP contribution in [0.2, 0.25) is 10.0 Å². The summed E-state index contributed by atoms with van der Waals surface area (Å²) < 4.78 is 6.44. The highest BCUT2D eigenvalue weighted by Crippen LogP contribution is 2.44. The number of amides is 1. The first-order valence-corrected chi connectivity index (χ1v) is 16.5. The number of hydrogen-bond acceptors (Lipinski definition) is 9. The molecule has 1 fully saturated rings. The van der Waals surface area contributed by atoms with Crippen LogP contribution >= 0.6 is 46.3 Å². The zero-order valence-corrected chi connectivity index (χ0v) is 27.3. The van der Waals surface area contributed by atoms with Crippen molar-refractivity contribution in [3.05, 3.63) is 134 Å². The maximum atomic E-state index is 13.5. The summed E-state index contributed by atoms with van der Waals surface area (Å²) in [6.07, 6.45) is 0. The Morgan fingerprint density at radius 3 is 2.50 bits per heavy atom. The lowest BCUT2D eigenvalue weighted by atomic mass is 9.95. The molecule has 46 heavy (non-hydrogen) atoms. The minimum atomic E-state index is -1.07. The van der Waals surface area contributed by atoms with E-state index in [1.54, 1.807) is 48.5 Å². The normalized spacial score (nSPS) is 15.8. The molecule has 232 valence electrons. The van der Waals surface area contributed by atoms with Gasteiger partial charge in [0.25, 0.3) is 5.78 Å². The summed E-state index contributed by atoms with van der Waals surface area (Å²) >= 11 is 14.8. The topological polar surface area (TPSA) is 113 Å². The summed E-state index contributed by atoms with van der Waals surface area (Å²) in [6, 6.07) is 24.9. The smallest absolute Gasteiger partial charge is 0.301 e. The largest absolute Gasteiger partial charge is 0.508 e. The Morgan fingerprint density at radius 1 is 0.978 bits per heavy atom. The fourth-order valence-electron chi connectivity index (χ4n) is 5.01. The van der Waals surface area contributed by atoms with E-state index in [1.807, 2.05) is 37.3 Å². The Balaban J connectivity index is 1.29. The number of aromatic nitrogens is 2. The third-order valence-electron chi connectivity index (χ3n) is 7.21. The molecule has 12 heteroatoms. The van der Waals surface area contributed by atoms with Crippen molar-refractivity contribution in [3.8, 4) is 11.5 Å². The number of aliphatic hydroxyl groups is 1. The monoisotopic (exact) mass is 689 g/mol. The number of ether oxygens (including phenoxy) is 1. The zero-order chi connectivity index (χ0) is 32.4. The number of phenols is 1. The lowest BCUT2D eigenvalue weighted by Crippen LogP contribution is -2.29. The van der Waals surface area contributed by atoms with Crippen LogP contribution in [0.4, 0.5) is 5.13 Å². The minimum absolute atomic E-state index is 0.0634. The van der Waals surface area contributed by atoms with Crippen LogP contribution in [0, 0.1) is 6.92 Å². The molecule has 2 heterocycles. The molecule has 1 amide bonds. The molecular weight excluding hydrogens is 665 g/mol. The number of aryl methyl sites for hydroxylation is 1. The number of aromatic hydroxyl groups is 1. The van der Waals surface area contributed by atoms with Gasteiger partial charge < -0.3 is 14.9 Å². The summed E-state index contributed by atoms with van der Waals surface area (Å²) in [5.74, 6) is -1.14. The predicted molar refractivity (Wildman–Crippen MR) is 181 cm³/mol. The summed E-state index contributed by atoms with van der Waals surface area (Å²) in [6.45, 7) is 2.38. The van der Waals surface area contributed by atoms with Crippen LogP contribution in [-0.4, -0.2) is 32.1 Å². The average molecular weight is 691 g/mol. The Hall–Kier alpha value is -4.35. The molecule has 1 aliphatic rings. The molecule has 2 N–H and O–H groups in total. The maximum Gasteiger partial charge on any atom is 0.301 e. The van der Waals surface area contributed by atoms with Crippen molar-refractivity contribution in [1.29, 1.82) is 0 Å². The van der Waals surface area contributed by atoms with E-state index in [4.69, 9.17) is 27.9 Å². The molecule has 4 aromatic carbocycles. The number of benzene rings is 4. The number of ketones is 1. The summed E-state index contributed by atoms with van der Waals surface area (Å²) in [7, 11) is 0. The SMILES string of the molecule is Cc1cccc(COc2ccc(C(O)=C3C(=O)C(=O)N(c4nnc(SCc5ccc(Cl)cc5Cl)s4)C3c3cccc(O)c3)cc2)c1. The third-order valence-corrected chi connectivity index (χ3v) is 9.91. The van der Waals surface area contributed by atoms with Gasteiger partial charge in [-0.05, 0) is 72.1 Å². The van der Waals surface area contributed by atoms with Crippen molar-refractivity contribution in [1.82, 2.24) is 10.2 Å². The molecule has 0 saturated carbocycles. The van der Waals surface area contributed by atoms with Crippen molar-refractivity contribution >= 4 is 68.9 Å². The van der Waals surface area contributed by atoms with Crippen LogP contribution < -0.4 is 9.64 Å². The number of Topliss-reactive ketones (excluding diaryl/α,β-unsaturated/α-hetero) is 1. The number of phenolic OH excluding ortho intramolecular Hbond substituents is 1. The second-order valence-corrected chi connectivity index (χ2v) is 13.5. The number of thioether (sulfide) groups is 1. The average Bonchev–Trinajstić information content (AvgIpc) is 3.61. The third kappa shape index (κ3) is 6.75. The van der Waals surface area contributed by atoms with Gasteiger partial charge in [0.15, 0.2) is 4.34 Å². The lowest BCUT2D eigenvalue weighted by molar-refractivity contribution is -0.132. The van der Waals surface area contributed by atoms with Crippen molar-refractivity contribution in [2.45, 2.75) is 29.7 Å². The zero-order valence-electron chi connectivity index (χ0n) is 24.2. The van der Waals surface area contributed by atoms with Crippen LogP contribution in [0.15, 0.2) is 101 Å². The molecule has 0 bridgehead atoms. The molecule has 1 aliphatic heterocycles. The van der Waals surface area contributed by atoms with Crippen LogP contribution in [0.25, 0.3) is 5.76 Å². The Kier molecular flexibility index (Phi) is 9.32. The summed E-state index contributed by atoms with van der Waals surface area (Å²) in [5, 5.41) is 31.4. The van der Waals surface area contributed by atoms with Crippen LogP contribution in [-0.2, 0) is 21.9 Å². The second-order valence-electron chi connectivity index (χ2n) is 10.4. The highest BCUT2D eigenvalue weighted by atomic mass is 35.5. The van der Waals surface area contributed by atoms with Crippen molar-refractivity contribution in [3.63, 3.8) is 0 Å². The molecule has 8 nitrogen and oxygen atoms in total. The number of aliphatic hydroxyl groups excluding tert-OH is 1. The highest BCUT2D eigenvalue weighted by Gasteiger charge is 2.48. The maximum absolute atomic E-state index is 13.5. The number of halogens is 2. The molecule has 5 aromatic rings. The standard InChI is InChI=1S/C34H25Cl2N3O5S2/c1-19-4-2-5-20(14-19)17-44-26-12-9-21(10-13-26)30(41)28-29(22-6-3-7-25(40)15-22)39(32(43)31(28)42)33-37-38-34(46-33)45-18-23-8-11-24(35)16-27(23)36/h2-16,29,40-41H,17-18H2,1H3. The van der Waals surface area contributed by atoms with Crippen LogP contribution in [0.5, 0.6) is 11.5 Å². The molecular formula is C34H25Cl2N3O5S2. The molecule has 0 spiro atoms. The van der Waals surface area contributed by atoms with E-state index in [9.17, 15) is 19.8 Å². The van der Waals surface area contributed by atoms with E-state index in [-0.39, 0.29) is 22.2 Å². The van der Waals surface area contributed by atoms with Gasteiger partial charge in [-0.1, -0.05) is 94.3 Å². The minimum Gasteiger partial charge on any atom is -0.508 e. The molecule has 1 unspecified atom stereocenters. The molecule has 0 radical (unpaired) electrons. The molecule has 1 aromatic heterocycles. The lowest BCUT2D eigenvalue weighted by Gasteiger charge is -2.22. The Labute approximate surface area is 282 Å². The fourth-order valence-corrected chi connectivity index (χ4v) is 7.44. The molecule has 0 aliphatic carbocycles. The first kappa shape index (κ1) is 31.6. The van der Waals surface area contributed by atoms with Crippen molar-refractivity contribution < 1.29 is 24.5 Å². The van der Waals surface area contributed by atoms with E-state index in [0.29, 0.717) is 43.6 Å². The van der Waals surface area contributed by atoms with E-state index in [0.717, 1.165) is 28.0 Å². The number of anilines is 1. The molecule has 6 rings (SSSR count). The van der Waals surface area contributed by atoms with Crippen LogP contribution in [0.1, 0.15) is 33.9 Å². The number of carbonyl (C=O) groups excluding carboxylic acids is 2. The quantitative estimate of drug-likeness (QED) is 0.0522. The van der Waals surface area contributed by atoms with E-state index >= 15 is 0 Å². The van der Waals surface area contributed by atoms with Gasteiger partial charge in [0.05, 0.1) is 11.6 Å². The summed E-state index contributed by atoms with van der Waals surface area (Å²) in [4.78, 5) is 28.3. The van der Waals surface area contributed by atoms with E-state index in [2.05, 4.69) is 10.2 Å². The number of rotatable bonds is 9. The Morgan fingerprint density at radius 2 is 1.76 bits per heavy atom. The van der Waals surface area contributed by atoms with Crippen LogP contribution in [0.3, 0.4) is 0 Å². The van der Waals surface area contributed by atoms with Gasteiger partial charge in [-0.2, -0.15) is 0 Å². The predicted octanol–water partition coefficient (Wildman–Crippen LogP) is 8.36. The highest BCUT2D eigenvalue weighted by molar-refractivity contribution is 8.00. The van der Waals surface area contributed by atoms with Gasteiger partial charge in [0.1, 0.15) is 23.9 Å². The summed E-state index contributed by atoms with van der Waals surface area (Å²) in [5.41, 5.74) is 3.59. The number of hydrogen-bond donors (Lipinski definition) is 2. The Bertz CT molecular complexity index is 1980. The van der Waals surface area contributed by atoms with E-state index < -0.39 is 17.7 Å². The molecule has 1 saturated heterocycles. The van der Waals surface area contributed by atoms with Gasteiger partial charge in [-0.25, -0.2) is 0 Å². The van der Waals surface area contributed by atoms with Gasteiger partial charge in [0.2, 0.25) is 5.13 Å². The van der Waals surface area contributed by atoms with Gasteiger partial charge in [0, 0.05) is 21.4 Å². The fraction of sp³-hybridized carbons (Fsp3) is 0.118. The second kappa shape index (κ2) is 13.6. The number of carbonyl (C=O) groups is 2. The van der Waals surface area contributed by atoms with Gasteiger partial charge in [-0.15, -0.1) is 10.2 Å². The number of nitrogens with zero attached hydrogens (tertiary/aromatic N) is 3. The first-order valence-electron chi connectivity index (χ1n) is 14.0. The van der Waals surface area contributed by atoms with Crippen molar-refractivity contribution in [2.24, 2.45) is 0 Å². The van der Waals surface area contributed by atoms with Gasteiger partial charge >= 0.3 is 5.91 Å². The van der Waals surface area contributed by atoms with Crippen molar-refractivity contribution in [2.75, 3.05) is 4.90 Å². The molecule has 1 atom stereocenters.